The Morgan fingerprint density at radius 2 is 2.00 bits per heavy atom. The van der Waals surface area contributed by atoms with Crippen LogP contribution < -0.4 is 0 Å². The average Bonchev–Trinajstić information content (AvgIpc) is 2.66. The van der Waals surface area contributed by atoms with Crippen molar-refractivity contribution in [2.24, 2.45) is 5.92 Å². The van der Waals surface area contributed by atoms with Crippen molar-refractivity contribution in [3.05, 3.63) is 23.3 Å². The number of allylic oxidation sites excluding steroid dienone is 2. The van der Waals surface area contributed by atoms with Crippen LogP contribution in [0.25, 0.3) is 0 Å². The summed E-state index contributed by atoms with van der Waals surface area (Å²) in [6, 6.07) is 0. The monoisotopic (exact) mass is 350 g/mol. The van der Waals surface area contributed by atoms with E-state index in [0.29, 0.717) is 31.3 Å². The second-order valence-electron chi connectivity index (χ2n) is 7.33. The van der Waals surface area contributed by atoms with Crippen molar-refractivity contribution < 1.29 is 24.2 Å². The maximum absolute atomic E-state index is 12.4. The number of hydrogen-bond acceptors (Lipinski definition) is 4. The molecule has 5 heteroatoms. The summed E-state index contributed by atoms with van der Waals surface area (Å²) < 4.78 is 5.76. The van der Waals surface area contributed by atoms with Gasteiger partial charge in [-0.25, -0.2) is 4.79 Å². The Hall–Kier alpha value is -1.75. The zero-order chi connectivity index (χ0) is 19.0. The van der Waals surface area contributed by atoms with Gasteiger partial charge in [0.2, 0.25) is 0 Å². The Labute approximate surface area is 150 Å². The van der Waals surface area contributed by atoms with Crippen LogP contribution in [0.5, 0.6) is 0 Å². The molecule has 1 N–H and O–H groups in total. The number of carbonyl (C=O) groups is 3. The van der Waals surface area contributed by atoms with E-state index < -0.39 is 11.6 Å². The number of carboxylic acid groups (broad SMARTS) is 1. The van der Waals surface area contributed by atoms with Crippen molar-refractivity contribution >= 4 is 17.5 Å². The third-order valence-corrected chi connectivity index (χ3v) is 4.72. The van der Waals surface area contributed by atoms with Crippen molar-refractivity contribution in [3.8, 4) is 0 Å². The predicted octanol–water partition coefficient (Wildman–Crippen LogP) is 3.87. The summed E-state index contributed by atoms with van der Waals surface area (Å²) >= 11 is 0. The van der Waals surface area contributed by atoms with E-state index in [1.165, 1.54) is 0 Å². The molecule has 25 heavy (non-hydrogen) atoms. The van der Waals surface area contributed by atoms with Gasteiger partial charge in [-0.05, 0) is 52.0 Å². The summed E-state index contributed by atoms with van der Waals surface area (Å²) in [5.41, 5.74) is 0.877. The lowest BCUT2D eigenvalue weighted by molar-refractivity contribution is -0.140. The fourth-order valence-corrected chi connectivity index (χ4v) is 2.86. The molecule has 1 unspecified atom stereocenters. The van der Waals surface area contributed by atoms with Crippen LogP contribution in [0, 0.1) is 5.92 Å². The van der Waals surface area contributed by atoms with Gasteiger partial charge in [-0.3, -0.25) is 9.59 Å². The first-order valence-corrected chi connectivity index (χ1v) is 8.90. The maximum atomic E-state index is 12.4. The number of carboxylic acids is 1. The summed E-state index contributed by atoms with van der Waals surface area (Å²) in [6.07, 6.45) is 6.24. The van der Waals surface area contributed by atoms with Gasteiger partial charge in [0.25, 0.3) is 0 Å². The topological polar surface area (TPSA) is 80.7 Å². The predicted molar refractivity (Wildman–Crippen MR) is 96.4 cm³/mol. The van der Waals surface area contributed by atoms with Crippen molar-refractivity contribution in [1.82, 2.24) is 0 Å². The molecule has 0 aromatic carbocycles. The van der Waals surface area contributed by atoms with E-state index in [1.807, 2.05) is 26.8 Å². The highest BCUT2D eigenvalue weighted by Crippen LogP contribution is 2.29. The molecule has 140 valence electrons. The molecule has 0 aliphatic carbocycles. The van der Waals surface area contributed by atoms with E-state index >= 15 is 0 Å². The summed E-state index contributed by atoms with van der Waals surface area (Å²) in [7, 11) is 0. The molecule has 1 rings (SSSR count). The lowest BCUT2D eigenvalue weighted by Gasteiger charge is -2.27. The van der Waals surface area contributed by atoms with Gasteiger partial charge < -0.3 is 9.84 Å². The van der Waals surface area contributed by atoms with Crippen molar-refractivity contribution in [3.63, 3.8) is 0 Å². The van der Waals surface area contributed by atoms with Gasteiger partial charge in [0, 0.05) is 24.8 Å². The van der Waals surface area contributed by atoms with Crippen molar-refractivity contribution in [2.45, 2.75) is 71.8 Å². The van der Waals surface area contributed by atoms with Crippen LogP contribution in [0.15, 0.2) is 23.3 Å². The number of ketones is 2. The highest BCUT2D eigenvalue weighted by atomic mass is 16.5. The Morgan fingerprint density at radius 1 is 1.32 bits per heavy atom. The largest absolute Gasteiger partial charge is 0.478 e. The molecule has 0 aromatic heterocycles. The van der Waals surface area contributed by atoms with E-state index in [-0.39, 0.29) is 24.1 Å². The van der Waals surface area contributed by atoms with Crippen LogP contribution in [0.2, 0.25) is 0 Å². The molecule has 0 spiro atoms. The standard InChI is InChI=1S/C20H30O5/c1-14(2)7-9-17(21)15(3)6-5-11-20(4)18(22)10-8-16(13-25-20)12-19(23)24/h7,12,15H,5-6,8-11,13H2,1-4H3,(H,23,24)/b16-12+/t15?,20-/m0/s1. The SMILES string of the molecule is CC(C)=CCC(=O)C(C)CCC[C@]1(C)OC/C(=C/C(=O)O)CCC1=O. The molecule has 5 nitrogen and oxygen atoms in total. The highest BCUT2D eigenvalue weighted by Gasteiger charge is 2.35. The number of hydrogen-bond donors (Lipinski definition) is 1. The Balaban J connectivity index is 2.54. The van der Waals surface area contributed by atoms with Crippen LogP contribution >= 0.6 is 0 Å². The van der Waals surface area contributed by atoms with Crippen molar-refractivity contribution in [2.75, 3.05) is 6.61 Å². The fourth-order valence-electron chi connectivity index (χ4n) is 2.86. The van der Waals surface area contributed by atoms with Crippen LogP contribution in [0.1, 0.15) is 66.2 Å². The van der Waals surface area contributed by atoms with Crippen molar-refractivity contribution in [1.29, 1.82) is 0 Å². The lowest BCUT2D eigenvalue weighted by Crippen LogP contribution is -2.37. The molecular weight excluding hydrogens is 320 g/mol. The van der Waals surface area contributed by atoms with E-state index in [1.54, 1.807) is 6.92 Å². The minimum absolute atomic E-state index is 0.00445. The lowest BCUT2D eigenvalue weighted by atomic mass is 9.88. The molecule has 0 aromatic rings. The van der Waals surface area contributed by atoms with Crippen LogP contribution in [0.4, 0.5) is 0 Å². The van der Waals surface area contributed by atoms with Gasteiger partial charge >= 0.3 is 5.97 Å². The van der Waals surface area contributed by atoms with Gasteiger partial charge in [-0.1, -0.05) is 18.6 Å². The highest BCUT2D eigenvalue weighted by molar-refractivity contribution is 5.88. The molecule has 1 heterocycles. The van der Waals surface area contributed by atoms with Gasteiger partial charge in [0.05, 0.1) is 6.61 Å². The third kappa shape index (κ3) is 7.34. The van der Waals surface area contributed by atoms with Crippen LogP contribution in [0.3, 0.4) is 0 Å². The van der Waals surface area contributed by atoms with E-state index in [0.717, 1.165) is 24.5 Å². The third-order valence-electron chi connectivity index (χ3n) is 4.72. The van der Waals surface area contributed by atoms with E-state index in [9.17, 15) is 14.4 Å². The zero-order valence-electron chi connectivity index (χ0n) is 15.8. The first kappa shape index (κ1) is 21.3. The molecule has 0 bridgehead atoms. The zero-order valence-corrected chi connectivity index (χ0v) is 15.8. The smallest absolute Gasteiger partial charge is 0.328 e. The van der Waals surface area contributed by atoms with Gasteiger partial charge in [-0.2, -0.15) is 0 Å². The first-order chi connectivity index (χ1) is 11.6. The normalized spacial score (nSPS) is 23.8. The molecule has 0 amide bonds. The summed E-state index contributed by atoms with van der Waals surface area (Å²) in [5.74, 6) is -0.836. The second-order valence-corrected chi connectivity index (χ2v) is 7.33. The summed E-state index contributed by atoms with van der Waals surface area (Å²) in [5, 5.41) is 8.83. The maximum Gasteiger partial charge on any atom is 0.328 e. The Bertz CT molecular complexity index is 569. The van der Waals surface area contributed by atoms with Gasteiger partial charge in [-0.15, -0.1) is 0 Å². The molecule has 1 aliphatic heterocycles. The average molecular weight is 350 g/mol. The molecular formula is C20H30O5. The molecule has 2 atom stereocenters. The Morgan fingerprint density at radius 3 is 2.60 bits per heavy atom. The number of rotatable bonds is 8. The first-order valence-electron chi connectivity index (χ1n) is 8.90. The number of aliphatic carboxylic acids is 1. The fraction of sp³-hybridized carbons (Fsp3) is 0.650. The quantitative estimate of drug-likeness (QED) is 0.531. The minimum atomic E-state index is -1.02. The second kappa shape index (κ2) is 9.66. The van der Waals surface area contributed by atoms with Crippen LogP contribution in [-0.4, -0.2) is 34.9 Å². The number of Topliss-reactive ketones (excluding diaryl/α,β-unsaturated/α-hetero) is 2. The molecule has 1 saturated heterocycles. The molecule has 0 saturated carbocycles. The van der Waals surface area contributed by atoms with E-state index in [4.69, 9.17) is 9.84 Å². The van der Waals surface area contributed by atoms with Gasteiger partial charge in [0.1, 0.15) is 11.4 Å². The Kier molecular flexibility index (Phi) is 8.23. The van der Waals surface area contributed by atoms with E-state index in [2.05, 4.69) is 0 Å². The summed E-state index contributed by atoms with van der Waals surface area (Å²) in [6.45, 7) is 7.81. The molecule has 1 aliphatic rings. The van der Waals surface area contributed by atoms with Crippen LogP contribution in [-0.2, 0) is 19.1 Å². The summed E-state index contributed by atoms with van der Waals surface area (Å²) in [4.78, 5) is 35.2. The molecule has 0 radical (unpaired) electrons. The molecule has 1 fully saturated rings. The number of carbonyl (C=O) groups excluding carboxylic acids is 2. The number of ether oxygens (including phenoxy) is 1. The minimum Gasteiger partial charge on any atom is -0.478 e. The van der Waals surface area contributed by atoms with Gasteiger partial charge in [0.15, 0.2) is 5.78 Å².